The van der Waals surface area contributed by atoms with E-state index in [1.54, 1.807) is 0 Å². The predicted octanol–water partition coefficient (Wildman–Crippen LogP) is 2.00. The molecule has 0 aromatic carbocycles. The highest BCUT2D eigenvalue weighted by atomic mass is 15.3. The molecule has 2 nitrogen and oxygen atoms in total. The van der Waals surface area contributed by atoms with E-state index in [0.717, 1.165) is 5.92 Å². The quantitative estimate of drug-likeness (QED) is 0.747. The van der Waals surface area contributed by atoms with E-state index in [1.165, 1.54) is 51.7 Å². The molecule has 2 saturated carbocycles. The monoisotopic (exact) mass is 208 g/mol. The lowest BCUT2D eigenvalue weighted by Crippen LogP contribution is -2.66. The first-order valence-corrected chi connectivity index (χ1v) is 6.63. The van der Waals surface area contributed by atoms with Gasteiger partial charge in [0, 0.05) is 30.7 Å². The zero-order valence-electron chi connectivity index (χ0n) is 10.2. The van der Waals surface area contributed by atoms with E-state index in [4.69, 9.17) is 0 Å². The van der Waals surface area contributed by atoms with Gasteiger partial charge in [-0.2, -0.15) is 0 Å². The van der Waals surface area contributed by atoms with Crippen LogP contribution < -0.4 is 5.32 Å². The molecule has 1 unspecified atom stereocenters. The minimum atomic E-state index is 0.427. The van der Waals surface area contributed by atoms with Gasteiger partial charge in [0.15, 0.2) is 0 Å². The molecule has 15 heavy (non-hydrogen) atoms. The van der Waals surface area contributed by atoms with E-state index in [-0.39, 0.29) is 0 Å². The van der Waals surface area contributed by atoms with Crippen LogP contribution in [0, 0.1) is 5.92 Å². The Hall–Kier alpha value is -0.0800. The Kier molecular flexibility index (Phi) is 2.16. The van der Waals surface area contributed by atoms with Crippen molar-refractivity contribution in [3.63, 3.8) is 0 Å². The minimum absolute atomic E-state index is 0.427. The molecule has 1 atom stereocenters. The van der Waals surface area contributed by atoms with Crippen LogP contribution >= 0.6 is 0 Å². The zero-order valence-corrected chi connectivity index (χ0v) is 10.2. The van der Waals surface area contributed by atoms with Gasteiger partial charge in [-0.25, -0.2) is 0 Å². The number of hydrogen-bond donors (Lipinski definition) is 1. The first kappa shape index (κ1) is 10.1. The standard InChI is InChI=1S/C13H24N2/c1-12(6-3-7-12)15-9-8-14-13(2,10-15)11-4-5-11/h11,14H,3-10H2,1-2H3. The molecule has 1 aliphatic heterocycles. The molecular formula is C13H24N2. The summed E-state index contributed by atoms with van der Waals surface area (Å²) < 4.78 is 0. The van der Waals surface area contributed by atoms with Gasteiger partial charge in [-0.1, -0.05) is 0 Å². The third-order valence-electron chi connectivity index (χ3n) is 5.10. The smallest absolute Gasteiger partial charge is 0.0309 e. The maximum atomic E-state index is 3.77. The van der Waals surface area contributed by atoms with Crippen LogP contribution in [0.5, 0.6) is 0 Å². The Morgan fingerprint density at radius 2 is 1.93 bits per heavy atom. The molecule has 3 fully saturated rings. The van der Waals surface area contributed by atoms with Crippen LogP contribution in [-0.2, 0) is 0 Å². The van der Waals surface area contributed by atoms with Crippen LogP contribution in [0.2, 0.25) is 0 Å². The lowest BCUT2D eigenvalue weighted by atomic mass is 9.75. The molecule has 0 amide bonds. The van der Waals surface area contributed by atoms with Crippen LogP contribution in [0.1, 0.15) is 46.0 Å². The number of rotatable bonds is 2. The third kappa shape index (κ3) is 1.62. The molecule has 0 bridgehead atoms. The Balaban J connectivity index is 1.70. The van der Waals surface area contributed by atoms with E-state index in [9.17, 15) is 0 Å². The maximum absolute atomic E-state index is 3.77. The van der Waals surface area contributed by atoms with Crippen LogP contribution in [0.3, 0.4) is 0 Å². The summed E-state index contributed by atoms with van der Waals surface area (Å²) in [6.07, 6.45) is 7.20. The molecule has 3 aliphatic rings. The van der Waals surface area contributed by atoms with Crippen LogP contribution in [-0.4, -0.2) is 35.6 Å². The normalized spacial score (nSPS) is 41.2. The van der Waals surface area contributed by atoms with Crippen molar-refractivity contribution in [3.8, 4) is 0 Å². The molecule has 0 spiro atoms. The van der Waals surface area contributed by atoms with Crippen molar-refractivity contribution in [3.05, 3.63) is 0 Å². The van der Waals surface area contributed by atoms with Gasteiger partial charge in [-0.3, -0.25) is 4.90 Å². The van der Waals surface area contributed by atoms with Gasteiger partial charge in [0.1, 0.15) is 0 Å². The summed E-state index contributed by atoms with van der Waals surface area (Å²) in [5.74, 6) is 0.962. The number of hydrogen-bond acceptors (Lipinski definition) is 2. The fourth-order valence-electron chi connectivity index (χ4n) is 3.47. The molecular weight excluding hydrogens is 184 g/mol. The van der Waals surface area contributed by atoms with E-state index < -0.39 is 0 Å². The molecule has 1 N–H and O–H groups in total. The summed E-state index contributed by atoms with van der Waals surface area (Å²) in [6.45, 7) is 8.66. The first-order chi connectivity index (χ1) is 7.12. The zero-order chi connectivity index (χ0) is 10.5. The van der Waals surface area contributed by atoms with Crippen molar-refractivity contribution in [2.45, 2.75) is 57.0 Å². The third-order valence-corrected chi connectivity index (χ3v) is 5.10. The largest absolute Gasteiger partial charge is 0.309 e. The Labute approximate surface area is 93.4 Å². The highest BCUT2D eigenvalue weighted by Gasteiger charge is 2.48. The Morgan fingerprint density at radius 3 is 2.47 bits per heavy atom. The van der Waals surface area contributed by atoms with Gasteiger partial charge < -0.3 is 5.32 Å². The molecule has 2 aliphatic carbocycles. The lowest BCUT2D eigenvalue weighted by molar-refractivity contribution is -0.0136. The maximum Gasteiger partial charge on any atom is 0.0309 e. The summed E-state index contributed by atoms with van der Waals surface area (Å²) in [7, 11) is 0. The highest BCUT2D eigenvalue weighted by Crippen LogP contribution is 2.44. The van der Waals surface area contributed by atoms with Crippen molar-refractivity contribution < 1.29 is 0 Å². The molecule has 0 aromatic heterocycles. The summed E-state index contributed by atoms with van der Waals surface area (Å²) >= 11 is 0. The SMILES string of the molecule is CC1(C2CC2)CN(C2(C)CCC2)CCN1. The van der Waals surface area contributed by atoms with Gasteiger partial charge in [0.2, 0.25) is 0 Å². The first-order valence-electron chi connectivity index (χ1n) is 6.63. The minimum Gasteiger partial charge on any atom is -0.309 e. The molecule has 1 saturated heterocycles. The fourth-order valence-corrected chi connectivity index (χ4v) is 3.47. The second-order valence-electron chi connectivity index (χ2n) is 6.39. The van der Waals surface area contributed by atoms with Gasteiger partial charge >= 0.3 is 0 Å². The average molecular weight is 208 g/mol. The van der Waals surface area contributed by atoms with Gasteiger partial charge in [-0.05, 0) is 51.9 Å². The topological polar surface area (TPSA) is 15.3 Å². The molecule has 3 rings (SSSR count). The van der Waals surface area contributed by atoms with Crippen LogP contribution in [0.25, 0.3) is 0 Å². The number of piperazine rings is 1. The molecule has 2 heteroatoms. The highest BCUT2D eigenvalue weighted by molar-refractivity contribution is 5.06. The number of nitrogens with zero attached hydrogens (tertiary/aromatic N) is 1. The van der Waals surface area contributed by atoms with E-state index in [0.29, 0.717) is 11.1 Å². The molecule has 0 aromatic rings. The van der Waals surface area contributed by atoms with E-state index in [2.05, 4.69) is 24.1 Å². The average Bonchev–Trinajstić information content (AvgIpc) is 2.97. The van der Waals surface area contributed by atoms with Gasteiger partial charge in [0.25, 0.3) is 0 Å². The molecule has 1 heterocycles. The van der Waals surface area contributed by atoms with Crippen LogP contribution in [0.15, 0.2) is 0 Å². The summed E-state index contributed by atoms with van der Waals surface area (Å²) in [6, 6.07) is 0. The van der Waals surface area contributed by atoms with Crippen molar-refractivity contribution in [1.82, 2.24) is 10.2 Å². The Bertz CT molecular complexity index is 255. The van der Waals surface area contributed by atoms with Gasteiger partial charge in [0.05, 0.1) is 0 Å². The Morgan fingerprint density at radius 1 is 1.20 bits per heavy atom. The summed E-state index contributed by atoms with van der Waals surface area (Å²) in [5, 5.41) is 3.77. The summed E-state index contributed by atoms with van der Waals surface area (Å²) in [4.78, 5) is 2.77. The van der Waals surface area contributed by atoms with Gasteiger partial charge in [-0.15, -0.1) is 0 Å². The summed E-state index contributed by atoms with van der Waals surface area (Å²) in [5.41, 5.74) is 0.981. The van der Waals surface area contributed by atoms with Crippen LogP contribution in [0.4, 0.5) is 0 Å². The second-order valence-corrected chi connectivity index (χ2v) is 6.39. The van der Waals surface area contributed by atoms with Crippen molar-refractivity contribution in [2.24, 2.45) is 5.92 Å². The molecule has 0 radical (unpaired) electrons. The van der Waals surface area contributed by atoms with Crippen molar-refractivity contribution >= 4 is 0 Å². The second kappa shape index (κ2) is 3.21. The van der Waals surface area contributed by atoms with E-state index in [1.807, 2.05) is 0 Å². The molecule has 86 valence electrons. The number of nitrogens with one attached hydrogen (secondary N) is 1. The van der Waals surface area contributed by atoms with Crippen molar-refractivity contribution in [2.75, 3.05) is 19.6 Å². The predicted molar refractivity (Wildman–Crippen MR) is 63.0 cm³/mol. The van der Waals surface area contributed by atoms with Crippen molar-refractivity contribution in [1.29, 1.82) is 0 Å². The van der Waals surface area contributed by atoms with E-state index >= 15 is 0 Å². The lowest BCUT2D eigenvalue weighted by Gasteiger charge is -2.54. The fraction of sp³-hybridized carbons (Fsp3) is 1.00.